The Labute approximate surface area is 149 Å². The van der Waals surface area contributed by atoms with E-state index in [1.807, 2.05) is 0 Å². The Morgan fingerprint density at radius 2 is 1.68 bits per heavy atom. The van der Waals surface area contributed by atoms with Crippen LogP contribution in [0.4, 0.5) is 0 Å². The van der Waals surface area contributed by atoms with Crippen molar-refractivity contribution < 1.29 is 19.2 Å². The van der Waals surface area contributed by atoms with Crippen molar-refractivity contribution in [3.05, 3.63) is 46.5 Å². The summed E-state index contributed by atoms with van der Waals surface area (Å²) in [5, 5.41) is 2.21. The summed E-state index contributed by atoms with van der Waals surface area (Å²) in [4.78, 5) is 43.1. The van der Waals surface area contributed by atoms with Gasteiger partial charge in [-0.1, -0.05) is 48.1 Å². The molecule has 2 aromatic carbocycles. The summed E-state index contributed by atoms with van der Waals surface area (Å²) in [7, 11) is 0. The second kappa shape index (κ2) is 6.15. The molecule has 25 heavy (non-hydrogen) atoms. The molecule has 0 radical (unpaired) electrons. The first kappa shape index (κ1) is 16.1. The zero-order valence-corrected chi connectivity index (χ0v) is 14.2. The van der Waals surface area contributed by atoms with Gasteiger partial charge < -0.3 is 4.84 Å². The molecule has 0 N–H and O–H groups in total. The summed E-state index contributed by atoms with van der Waals surface area (Å²) in [6.07, 6.45) is 4.49. The summed E-state index contributed by atoms with van der Waals surface area (Å²) in [5.74, 6) is -2.02. The molecular formula is C19H16ClNO4. The maximum absolute atomic E-state index is 12.7. The SMILES string of the molecule is O=C(ON1C(=O)c2cccc3c(Cl)ccc(c23)C1=O)C1CCCCC1. The third kappa shape index (κ3) is 2.59. The van der Waals surface area contributed by atoms with Gasteiger partial charge in [0.25, 0.3) is 11.8 Å². The molecule has 0 unspecified atom stereocenters. The van der Waals surface area contributed by atoms with Crippen molar-refractivity contribution in [3.63, 3.8) is 0 Å². The molecule has 5 nitrogen and oxygen atoms in total. The maximum Gasteiger partial charge on any atom is 0.336 e. The van der Waals surface area contributed by atoms with Crippen LogP contribution in [-0.2, 0) is 9.63 Å². The Balaban J connectivity index is 1.70. The van der Waals surface area contributed by atoms with E-state index in [1.165, 1.54) is 0 Å². The van der Waals surface area contributed by atoms with E-state index in [0.717, 1.165) is 32.1 Å². The number of imide groups is 1. The lowest BCUT2D eigenvalue weighted by Crippen LogP contribution is -2.43. The van der Waals surface area contributed by atoms with Crippen LogP contribution >= 0.6 is 11.6 Å². The third-order valence-corrected chi connectivity index (χ3v) is 5.27. The van der Waals surface area contributed by atoms with Crippen LogP contribution in [0.1, 0.15) is 52.8 Å². The first-order valence-electron chi connectivity index (χ1n) is 8.40. The topological polar surface area (TPSA) is 63.7 Å². The molecule has 1 aliphatic carbocycles. The number of carbonyl (C=O) groups is 3. The molecule has 6 heteroatoms. The Kier molecular flexibility index (Phi) is 3.96. The number of hydrogen-bond acceptors (Lipinski definition) is 4. The lowest BCUT2D eigenvalue weighted by Gasteiger charge is -2.28. The number of hydrogen-bond donors (Lipinski definition) is 0. The molecule has 1 heterocycles. The van der Waals surface area contributed by atoms with Gasteiger partial charge in [0.1, 0.15) is 0 Å². The number of carbonyl (C=O) groups excluding carboxylic acids is 3. The number of amides is 2. The predicted octanol–water partition coefficient (Wildman–Crippen LogP) is 4.13. The highest BCUT2D eigenvalue weighted by molar-refractivity contribution is 6.38. The minimum absolute atomic E-state index is 0.253. The van der Waals surface area contributed by atoms with Crippen LogP contribution in [-0.4, -0.2) is 22.8 Å². The number of hydroxylamine groups is 2. The highest BCUT2D eigenvalue weighted by Crippen LogP contribution is 2.34. The van der Waals surface area contributed by atoms with Crippen molar-refractivity contribution in [2.45, 2.75) is 32.1 Å². The maximum atomic E-state index is 12.7. The van der Waals surface area contributed by atoms with Gasteiger partial charge in [-0.05, 0) is 31.0 Å². The Hall–Kier alpha value is -2.40. The van der Waals surface area contributed by atoms with Crippen molar-refractivity contribution in [2.24, 2.45) is 5.92 Å². The van der Waals surface area contributed by atoms with E-state index in [0.29, 0.717) is 32.0 Å². The lowest BCUT2D eigenvalue weighted by atomic mass is 9.89. The van der Waals surface area contributed by atoms with E-state index in [9.17, 15) is 14.4 Å². The molecule has 0 spiro atoms. The molecule has 1 fully saturated rings. The van der Waals surface area contributed by atoms with E-state index >= 15 is 0 Å². The van der Waals surface area contributed by atoms with E-state index in [2.05, 4.69) is 0 Å². The van der Waals surface area contributed by atoms with Gasteiger partial charge in [-0.2, -0.15) is 0 Å². The molecule has 0 bridgehead atoms. The van der Waals surface area contributed by atoms with Gasteiger partial charge >= 0.3 is 5.97 Å². The van der Waals surface area contributed by atoms with Crippen LogP contribution in [0, 0.1) is 5.92 Å². The molecular weight excluding hydrogens is 342 g/mol. The van der Waals surface area contributed by atoms with Crippen LogP contribution in [0.3, 0.4) is 0 Å². The Morgan fingerprint density at radius 1 is 1.00 bits per heavy atom. The number of halogens is 1. The molecule has 0 saturated heterocycles. The standard InChI is InChI=1S/C19H16ClNO4/c20-15-10-9-14-16-12(15)7-4-8-13(16)17(22)21(18(14)23)25-19(24)11-5-2-1-3-6-11/h4,7-11H,1-3,5-6H2. The monoisotopic (exact) mass is 357 g/mol. The fourth-order valence-corrected chi connectivity index (χ4v) is 3.84. The molecule has 2 aliphatic rings. The van der Waals surface area contributed by atoms with Gasteiger partial charge in [0.05, 0.1) is 17.0 Å². The van der Waals surface area contributed by atoms with E-state index in [1.54, 1.807) is 30.3 Å². The van der Waals surface area contributed by atoms with Crippen LogP contribution in [0.25, 0.3) is 10.8 Å². The van der Waals surface area contributed by atoms with Crippen molar-refractivity contribution >= 4 is 40.2 Å². The van der Waals surface area contributed by atoms with Crippen LogP contribution in [0.2, 0.25) is 5.02 Å². The lowest BCUT2D eigenvalue weighted by molar-refractivity contribution is -0.175. The highest BCUT2D eigenvalue weighted by atomic mass is 35.5. The minimum atomic E-state index is -0.630. The molecule has 1 aliphatic heterocycles. The summed E-state index contributed by atoms with van der Waals surface area (Å²) in [6, 6.07) is 8.23. The molecule has 0 aromatic heterocycles. The largest absolute Gasteiger partial charge is 0.336 e. The second-order valence-corrected chi connectivity index (χ2v) is 6.88. The van der Waals surface area contributed by atoms with Gasteiger partial charge in [0.15, 0.2) is 0 Å². The summed E-state index contributed by atoms with van der Waals surface area (Å²) >= 11 is 6.18. The average molecular weight is 358 g/mol. The van der Waals surface area contributed by atoms with Gasteiger partial charge in [-0.3, -0.25) is 9.59 Å². The quantitative estimate of drug-likeness (QED) is 0.758. The average Bonchev–Trinajstić information content (AvgIpc) is 2.65. The van der Waals surface area contributed by atoms with Crippen molar-refractivity contribution in [3.8, 4) is 0 Å². The number of nitrogens with zero attached hydrogens (tertiary/aromatic N) is 1. The van der Waals surface area contributed by atoms with Crippen molar-refractivity contribution in [1.82, 2.24) is 5.06 Å². The Morgan fingerprint density at radius 3 is 2.40 bits per heavy atom. The molecule has 0 atom stereocenters. The van der Waals surface area contributed by atoms with E-state index in [-0.39, 0.29) is 5.92 Å². The second-order valence-electron chi connectivity index (χ2n) is 6.47. The first-order chi connectivity index (χ1) is 12.1. The number of rotatable bonds is 2. The van der Waals surface area contributed by atoms with Crippen LogP contribution in [0.5, 0.6) is 0 Å². The van der Waals surface area contributed by atoms with Crippen molar-refractivity contribution in [1.29, 1.82) is 0 Å². The van der Waals surface area contributed by atoms with Crippen LogP contribution in [0.15, 0.2) is 30.3 Å². The first-order valence-corrected chi connectivity index (χ1v) is 8.77. The molecule has 2 aromatic rings. The fourth-order valence-electron chi connectivity index (χ4n) is 3.62. The summed E-state index contributed by atoms with van der Waals surface area (Å²) < 4.78 is 0. The summed E-state index contributed by atoms with van der Waals surface area (Å²) in [6.45, 7) is 0. The molecule has 4 rings (SSSR count). The zero-order chi connectivity index (χ0) is 17.6. The third-order valence-electron chi connectivity index (χ3n) is 4.94. The highest BCUT2D eigenvalue weighted by Gasteiger charge is 2.37. The molecule has 128 valence electrons. The van der Waals surface area contributed by atoms with Gasteiger partial charge in [-0.25, -0.2) is 4.79 Å². The zero-order valence-electron chi connectivity index (χ0n) is 13.5. The number of benzene rings is 2. The van der Waals surface area contributed by atoms with E-state index in [4.69, 9.17) is 16.4 Å². The van der Waals surface area contributed by atoms with Crippen LogP contribution < -0.4 is 0 Å². The molecule has 2 amide bonds. The summed E-state index contributed by atoms with van der Waals surface area (Å²) in [5.41, 5.74) is 0.622. The van der Waals surface area contributed by atoms with Gasteiger partial charge in [0.2, 0.25) is 0 Å². The normalized spacial score (nSPS) is 17.9. The smallest absolute Gasteiger partial charge is 0.329 e. The van der Waals surface area contributed by atoms with Crippen molar-refractivity contribution in [2.75, 3.05) is 0 Å². The van der Waals surface area contributed by atoms with Gasteiger partial charge in [-0.15, -0.1) is 0 Å². The predicted molar refractivity (Wildman–Crippen MR) is 92.1 cm³/mol. The minimum Gasteiger partial charge on any atom is -0.329 e. The van der Waals surface area contributed by atoms with Gasteiger partial charge in [0, 0.05) is 15.8 Å². The molecule has 1 saturated carbocycles. The fraction of sp³-hybridized carbons (Fsp3) is 0.316. The Bertz CT molecular complexity index is 879. The van der Waals surface area contributed by atoms with E-state index < -0.39 is 17.8 Å².